The second-order valence-corrected chi connectivity index (χ2v) is 7.87. The summed E-state index contributed by atoms with van der Waals surface area (Å²) >= 11 is 0. The molecule has 7 heteroatoms. The van der Waals surface area contributed by atoms with Crippen molar-refractivity contribution in [2.45, 2.75) is 31.8 Å². The SMILES string of the molecule is Cc1ccc(CN2C(=O)NC3(CCN(C(=O)c4cccc(C#N)c4)CC3)C2=O)cc1. The van der Waals surface area contributed by atoms with Crippen LogP contribution in [0.3, 0.4) is 0 Å². The van der Waals surface area contributed by atoms with Crippen LogP contribution in [0.2, 0.25) is 0 Å². The van der Waals surface area contributed by atoms with E-state index in [0.717, 1.165) is 11.1 Å². The normalized spacial score (nSPS) is 17.7. The molecule has 2 aromatic carbocycles. The summed E-state index contributed by atoms with van der Waals surface area (Å²) in [7, 11) is 0. The standard InChI is InChI=1S/C23H22N4O3/c1-16-5-7-17(8-6-16)15-27-21(29)23(25-22(27)30)9-11-26(12-10-23)20(28)19-4-2-3-18(13-19)14-24/h2-8,13H,9-12,15H2,1H3,(H,25,30). The Labute approximate surface area is 174 Å². The third-order valence-electron chi connectivity index (χ3n) is 5.85. The molecular formula is C23H22N4O3. The van der Waals surface area contributed by atoms with Gasteiger partial charge in [-0.05, 0) is 43.5 Å². The first-order valence-electron chi connectivity index (χ1n) is 9.91. The lowest BCUT2D eigenvalue weighted by atomic mass is 9.87. The minimum atomic E-state index is -0.951. The van der Waals surface area contributed by atoms with E-state index in [0.29, 0.717) is 37.1 Å². The van der Waals surface area contributed by atoms with Crippen LogP contribution in [0.5, 0.6) is 0 Å². The van der Waals surface area contributed by atoms with Crippen molar-refractivity contribution in [3.8, 4) is 6.07 Å². The Morgan fingerprint density at radius 3 is 2.50 bits per heavy atom. The zero-order valence-electron chi connectivity index (χ0n) is 16.7. The molecule has 2 fully saturated rings. The number of benzene rings is 2. The molecule has 4 rings (SSSR count). The number of nitriles is 1. The number of rotatable bonds is 3. The maximum absolute atomic E-state index is 13.1. The van der Waals surface area contributed by atoms with E-state index in [2.05, 4.69) is 5.32 Å². The molecule has 0 aromatic heterocycles. The Morgan fingerprint density at radius 1 is 1.13 bits per heavy atom. The molecule has 0 radical (unpaired) electrons. The topological polar surface area (TPSA) is 93.5 Å². The van der Waals surface area contributed by atoms with Crippen molar-refractivity contribution < 1.29 is 14.4 Å². The van der Waals surface area contributed by atoms with Crippen molar-refractivity contribution in [1.29, 1.82) is 5.26 Å². The summed E-state index contributed by atoms with van der Waals surface area (Å²) in [5.41, 5.74) is 1.94. The molecule has 30 heavy (non-hydrogen) atoms. The number of nitrogens with one attached hydrogen (secondary N) is 1. The molecule has 0 aliphatic carbocycles. The number of hydrogen-bond donors (Lipinski definition) is 1. The van der Waals surface area contributed by atoms with Crippen LogP contribution in [-0.2, 0) is 11.3 Å². The van der Waals surface area contributed by atoms with Crippen molar-refractivity contribution in [2.24, 2.45) is 0 Å². The fourth-order valence-corrected chi connectivity index (χ4v) is 4.03. The largest absolute Gasteiger partial charge is 0.338 e. The monoisotopic (exact) mass is 402 g/mol. The highest BCUT2D eigenvalue weighted by atomic mass is 16.2. The van der Waals surface area contributed by atoms with Crippen LogP contribution in [0.15, 0.2) is 48.5 Å². The maximum atomic E-state index is 13.1. The summed E-state index contributed by atoms with van der Waals surface area (Å²) in [6.07, 6.45) is 0.733. The first-order valence-corrected chi connectivity index (χ1v) is 9.91. The molecule has 0 atom stereocenters. The van der Waals surface area contributed by atoms with Gasteiger partial charge in [0, 0.05) is 18.7 Å². The number of hydrogen-bond acceptors (Lipinski definition) is 4. The van der Waals surface area contributed by atoms with Gasteiger partial charge < -0.3 is 10.2 Å². The van der Waals surface area contributed by atoms with Gasteiger partial charge in [0.15, 0.2) is 0 Å². The van der Waals surface area contributed by atoms with Gasteiger partial charge in [-0.15, -0.1) is 0 Å². The highest BCUT2D eigenvalue weighted by Gasteiger charge is 2.52. The number of piperidine rings is 1. The molecule has 0 unspecified atom stereocenters. The average Bonchev–Trinajstić information content (AvgIpc) is 2.99. The molecule has 2 aromatic rings. The molecule has 4 amide bonds. The van der Waals surface area contributed by atoms with E-state index in [1.807, 2.05) is 37.3 Å². The molecule has 7 nitrogen and oxygen atoms in total. The lowest BCUT2D eigenvalue weighted by Gasteiger charge is -2.37. The second kappa shape index (κ2) is 7.64. The quantitative estimate of drug-likeness (QED) is 0.799. The molecular weight excluding hydrogens is 380 g/mol. The Bertz CT molecular complexity index is 1050. The molecule has 0 bridgehead atoms. The van der Waals surface area contributed by atoms with Crippen molar-refractivity contribution in [3.63, 3.8) is 0 Å². The summed E-state index contributed by atoms with van der Waals surface area (Å²) in [5.74, 6) is -0.401. The van der Waals surface area contributed by atoms with Crippen molar-refractivity contribution in [2.75, 3.05) is 13.1 Å². The highest BCUT2D eigenvalue weighted by molar-refractivity contribution is 6.07. The molecule has 0 saturated carbocycles. The maximum Gasteiger partial charge on any atom is 0.325 e. The van der Waals surface area contributed by atoms with Crippen LogP contribution in [0.25, 0.3) is 0 Å². The van der Waals surface area contributed by atoms with Gasteiger partial charge in [-0.1, -0.05) is 35.9 Å². The lowest BCUT2D eigenvalue weighted by molar-refractivity contribution is -0.133. The molecule has 2 aliphatic rings. The van der Waals surface area contributed by atoms with Crippen LogP contribution in [0.4, 0.5) is 4.79 Å². The van der Waals surface area contributed by atoms with E-state index >= 15 is 0 Å². The average molecular weight is 402 g/mol. The number of likely N-dealkylation sites (tertiary alicyclic amines) is 1. The molecule has 1 N–H and O–H groups in total. The lowest BCUT2D eigenvalue weighted by Crippen LogP contribution is -2.55. The predicted octanol–water partition coefficient (Wildman–Crippen LogP) is 2.59. The highest BCUT2D eigenvalue weighted by Crippen LogP contribution is 2.31. The van der Waals surface area contributed by atoms with Crippen LogP contribution >= 0.6 is 0 Å². The number of imide groups is 1. The fraction of sp³-hybridized carbons (Fsp3) is 0.304. The van der Waals surface area contributed by atoms with E-state index in [1.165, 1.54) is 4.90 Å². The van der Waals surface area contributed by atoms with Gasteiger partial charge in [-0.3, -0.25) is 14.5 Å². The number of nitrogens with zero attached hydrogens (tertiary/aromatic N) is 3. The zero-order valence-corrected chi connectivity index (χ0v) is 16.7. The van der Waals surface area contributed by atoms with Crippen LogP contribution < -0.4 is 5.32 Å². The third kappa shape index (κ3) is 3.52. The van der Waals surface area contributed by atoms with E-state index < -0.39 is 5.54 Å². The summed E-state index contributed by atoms with van der Waals surface area (Å²) in [4.78, 5) is 41.3. The Morgan fingerprint density at radius 2 is 1.83 bits per heavy atom. The van der Waals surface area contributed by atoms with Gasteiger partial charge in [0.2, 0.25) is 0 Å². The molecule has 1 spiro atoms. The van der Waals surface area contributed by atoms with Gasteiger partial charge in [-0.25, -0.2) is 4.79 Å². The van der Waals surface area contributed by atoms with Gasteiger partial charge in [0.25, 0.3) is 11.8 Å². The van der Waals surface area contributed by atoms with E-state index in [1.54, 1.807) is 29.2 Å². The predicted molar refractivity (Wildman–Crippen MR) is 109 cm³/mol. The summed E-state index contributed by atoms with van der Waals surface area (Å²) in [5, 5.41) is 11.9. The van der Waals surface area contributed by atoms with Crippen molar-refractivity contribution >= 4 is 17.8 Å². The molecule has 2 heterocycles. The van der Waals surface area contributed by atoms with Crippen molar-refractivity contribution in [1.82, 2.24) is 15.1 Å². The first kappa shape index (κ1) is 19.6. The first-order chi connectivity index (χ1) is 14.4. The Kier molecular flexibility index (Phi) is 5.00. The van der Waals surface area contributed by atoms with Gasteiger partial charge in [-0.2, -0.15) is 5.26 Å². The Balaban J connectivity index is 1.44. The van der Waals surface area contributed by atoms with E-state index in [9.17, 15) is 14.4 Å². The number of carbonyl (C=O) groups excluding carboxylic acids is 3. The van der Waals surface area contributed by atoms with E-state index in [4.69, 9.17) is 5.26 Å². The van der Waals surface area contributed by atoms with Gasteiger partial charge in [0.1, 0.15) is 5.54 Å². The zero-order chi connectivity index (χ0) is 21.3. The molecule has 2 saturated heterocycles. The van der Waals surface area contributed by atoms with Gasteiger partial charge in [0.05, 0.1) is 18.2 Å². The van der Waals surface area contributed by atoms with Crippen LogP contribution in [0.1, 0.15) is 39.9 Å². The van der Waals surface area contributed by atoms with Crippen LogP contribution in [0, 0.1) is 18.3 Å². The van der Waals surface area contributed by atoms with E-state index in [-0.39, 0.29) is 24.4 Å². The third-order valence-corrected chi connectivity index (χ3v) is 5.85. The number of aryl methyl sites for hydroxylation is 1. The van der Waals surface area contributed by atoms with Crippen LogP contribution in [-0.4, -0.2) is 46.3 Å². The summed E-state index contributed by atoms with van der Waals surface area (Å²) < 4.78 is 0. The van der Waals surface area contributed by atoms with Gasteiger partial charge >= 0.3 is 6.03 Å². The smallest absolute Gasteiger partial charge is 0.325 e. The fourth-order valence-electron chi connectivity index (χ4n) is 4.03. The minimum absolute atomic E-state index is 0.171. The summed E-state index contributed by atoms with van der Waals surface area (Å²) in [6, 6.07) is 16.0. The minimum Gasteiger partial charge on any atom is -0.338 e. The number of carbonyl (C=O) groups is 3. The number of urea groups is 1. The Hall–Kier alpha value is -3.66. The second-order valence-electron chi connectivity index (χ2n) is 7.87. The molecule has 152 valence electrons. The van der Waals surface area contributed by atoms with Crippen molar-refractivity contribution in [3.05, 3.63) is 70.8 Å². The number of amides is 4. The summed E-state index contributed by atoms with van der Waals surface area (Å²) in [6.45, 7) is 2.94. The molecule has 2 aliphatic heterocycles.